The molecule has 0 amide bonds. The molecule has 0 aliphatic carbocycles. The van der Waals surface area contributed by atoms with Gasteiger partial charge in [0.15, 0.2) is 5.75 Å². The van der Waals surface area contributed by atoms with E-state index in [1.807, 2.05) is 6.92 Å². The number of ether oxygens (including phenoxy) is 1. The van der Waals surface area contributed by atoms with Crippen LogP contribution >= 0.6 is 0 Å². The molecule has 1 aromatic rings. The molecule has 0 radical (unpaired) electrons. The summed E-state index contributed by atoms with van der Waals surface area (Å²) in [6, 6.07) is 0. The molecule has 1 aromatic carbocycles. The van der Waals surface area contributed by atoms with Gasteiger partial charge in [0.1, 0.15) is 11.4 Å². The molecule has 0 unspecified atom stereocenters. The Morgan fingerprint density at radius 2 is 1.36 bits per heavy atom. The van der Waals surface area contributed by atoms with Crippen molar-refractivity contribution in [2.45, 2.75) is 13.3 Å². The SMILES string of the molecule is CCc1c(N)c(N)c(OC)c(N)c1N. The summed E-state index contributed by atoms with van der Waals surface area (Å²) in [5.74, 6) is 0.359. The molecule has 0 spiro atoms. The van der Waals surface area contributed by atoms with Gasteiger partial charge in [-0.2, -0.15) is 0 Å². The van der Waals surface area contributed by atoms with E-state index in [2.05, 4.69) is 0 Å². The average molecular weight is 196 g/mol. The van der Waals surface area contributed by atoms with Crippen molar-refractivity contribution in [3.63, 3.8) is 0 Å². The van der Waals surface area contributed by atoms with Gasteiger partial charge in [-0.25, -0.2) is 0 Å². The van der Waals surface area contributed by atoms with E-state index in [1.165, 1.54) is 7.11 Å². The van der Waals surface area contributed by atoms with Crippen molar-refractivity contribution in [1.82, 2.24) is 0 Å². The van der Waals surface area contributed by atoms with Gasteiger partial charge in [-0.3, -0.25) is 0 Å². The van der Waals surface area contributed by atoms with Crippen molar-refractivity contribution < 1.29 is 4.74 Å². The van der Waals surface area contributed by atoms with Crippen LogP contribution in [0.3, 0.4) is 0 Å². The summed E-state index contributed by atoms with van der Waals surface area (Å²) < 4.78 is 5.03. The first-order valence-electron chi connectivity index (χ1n) is 4.33. The van der Waals surface area contributed by atoms with Gasteiger partial charge in [-0.1, -0.05) is 6.92 Å². The third-order valence-electron chi connectivity index (χ3n) is 2.28. The normalized spacial score (nSPS) is 10.1. The predicted octanol–water partition coefficient (Wildman–Crippen LogP) is 0.586. The van der Waals surface area contributed by atoms with E-state index in [-0.39, 0.29) is 0 Å². The number of hydrogen-bond donors (Lipinski definition) is 4. The van der Waals surface area contributed by atoms with Crippen LogP contribution in [0.15, 0.2) is 0 Å². The zero-order valence-corrected chi connectivity index (χ0v) is 8.42. The van der Waals surface area contributed by atoms with Gasteiger partial charge < -0.3 is 27.7 Å². The molecule has 1 rings (SSSR count). The minimum absolute atomic E-state index is 0.357. The minimum atomic E-state index is 0.357. The first-order chi connectivity index (χ1) is 6.54. The van der Waals surface area contributed by atoms with Crippen molar-refractivity contribution in [2.75, 3.05) is 30.0 Å². The highest BCUT2D eigenvalue weighted by Crippen LogP contribution is 2.41. The maximum absolute atomic E-state index is 5.80. The third-order valence-corrected chi connectivity index (χ3v) is 2.28. The van der Waals surface area contributed by atoms with Crippen LogP contribution in [0.1, 0.15) is 12.5 Å². The Morgan fingerprint density at radius 3 is 1.64 bits per heavy atom. The molecular formula is C9H16N4O. The van der Waals surface area contributed by atoms with Crippen LogP contribution in [0.4, 0.5) is 22.7 Å². The van der Waals surface area contributed by atoms with Crippen molar-refractivity contribution in [1.29, 1.82) is 0 Å². The van der Waals surface area contributed by atoms with E-state index < -0.39 is 0 Å². The number of benzene rings is 1. The Labute approximate surface area is 83.0 Å². The van der Waals surface area contributed by atoms with Crippen molar-refractivity contribution in [3.8, 4) is 5.75 Å². The molecule has 0 bridgehead atoms. The molecule has 0 saturated heterocycles. The molecule has 5 heteroatoms. The van der Waals surface area contributed by atoms with Crippen molar-refractivity contribution in [3.05, 3.63) is 5.56 Å². The molecule has 5 nitrogen and oxygen atoms in total. The van der Waals surface area contributed by atoms with Crippen LogP contribution in [0.25, 0.3) is 0 Å². The van der Waals surface area contributed by atoms with Crippen LogP contribution in [0, 0.1) is 0 Å². The summed E-state index contributed by atoms with van der Waals surface area (Å²) in [6.07, 6.45) is 0.691. The predicted molar refractivity (Wildman–Crippen MR) is 60.0 cm³/mol. The number of nitrogens with two attached hydrogens (primary N) is 4. The lowest BCUT2D eigenvalue weighted by Crippen LogP contribution is -2.09. The fourth-order valence-corrected chi connectivity index (χ4v) is 1.46. The number of methoxy groups -OCH3 is 1. The molecule has 0 aromatic heterocycles. The molecule has 0 fully saturated rings. The smallest absolute Gasteiger partial charge is 0.168 e. The van der Waals surface area contributed by atoms with Crippen LogP contribution in [-0.2, 0) is 6.42 Å². The summed E-state index contributed by atoms with van der Waals surface area (Å²) in [7, 11) is 1.48. The summed E-state index contributed by atoms with van der Waals surface area (Å²) in [5, 5.41) is 0. The highest BCUT2D eigenvalue weighted by Gasteiger charge is 2.16. The molecule has 0 aliphatic heterocycles. The topological polar surface area (TPSA) is 113 Å². The molecule has 0 atom stereocenters. The highest BCUT2D eigenvalue weighted by atomic mass is 16.5. The number of rotatable bonds is 2. The quantitative estimate of drug-likeness (QED) is 0.517. The summed E-state index contributed by atoms with van der Waals surface area (Å²) in [6.45, 7) is 1.94. The van der Waals surface area contributed by atoms with E-state index in [9.17, 15) is 0 Å². The van der Waals surface area contributed by atoms with Crippen molar-refractivity contribution in [2.24, 2.45) is 0 Å². The molecular weight excluding hydrogens is 180 g/mol. The van der Waals surface area contributed by atoms with E-state index >= 15 is 0 Å². The molecule has 14 heavy (non-hydrogen) atoms. The number of nitrogen functional groups attached to an aromatic ring is 4. The van der Waals surface area contributed by atoms with Gasteiger partial charge in [0.05, 0.1) is 18.5 Å². The number of anilines is 4. The molecule has 0 heterocycles. The monoisotopic (exact) mass is 196 g/mol. The average Bonchev–Trinajstić information content (AvgIpc) is 2.17. The Hall–Kier alpha value is -1.78. The summed E-state index contributed by atoms with van der Waals surface area (Å²) >= 11 is 0. The molecule has 8 N–H and O–H groups in total. The van der Waals surface area contributed by atoms with Gasteiger partial charge in [0.25, 0.3) is 0 Å². The Balaban J connectivity index is 3.55. The second-order valence-corrected chi connectivity index (χ2v) is 3.02. The van der Waals surface area contributed by atoms with E-state index in [0.717, 1.165) is 5.56 Å². The van der Waals surface area contributed by atoms with Crippen LogP contribution in [-0.4, -0.2) is 7.11 Å². The minimum Gasteiger partial charge on any atom is -0.492 e. The largest absolute Gasteiger partial charge is 0.492 e. The van der Waals surface area contributed by atoms with Crippen LogP contribution in [0.2, 0.25) is 0 Å². The third kappa shape index (κ3) is 1.26. The van der Waals surface area contributed by atoms with E-state index in [1.54, 1.807) is 0 Å². The van der Waals surface area contributed by atoms with Gasteiger partial charge in [-0.15, -0.1) is 0 Å². The first-order valence-corrected chi connectivity index (χ1v) is 4.33. The zero-order valence-electron chi connectivity index (χ0n) is 8.42. The lowest BCUT2D eigenvalue weighted by atomic mass is 10.0. The first kappa shape index (κ1) is 10.3. The second-order valence-electron chi connectivity index (χ2n) is 3.02. The maximum Gasteiger partial charge on any atom is 0.168 e. The van der Waals surface area contributed by atoms with Crippen LogP contribution < -0.4 is 27.7 Å². The highest BCUT2D eigenvalue weighted by molar-refractivity contribution is 5.91. The Morgan fingerprint density at radius 1 is 0.929 bits per heavy atom. The van der Waals surface area contributed by atoms with Gasteiger partial charge in [0, 0.05) is 5.56 Å². The second kappa shape index (κ2) is 3.53. The Kier molecular flexibility index (Phi) is 2.60. The van der Waals surface area contributed by atoms with E-state index in [4.69, 9.17) is 27.7 Å². The van der Waals surface area contributed by atoms with Gasteiger partial charge in [0.2, 0.25) is 0 Å². The van der Waals surface area contributed by atoms with Crippen molar-refractivity contribution >= 4 is 22.7 Å². The standard InChI is InChI=1S/C9H16N4O/c1-3-4-5(10)7(12)9(14-2)8(13)6(4)11/h3,10-13H2,1-2H3. The lowest BCUT2D eigenvalue weighted by Gasteiger charge is -2.16. The lowest BCUT2D eigenvalue weighted by molar-refractivity contribution is 0.419. The Bertz CT molecular complexity index is 298. The number of hydrogen-bond acceptors (Lipinski definition) is 5. The summed E-state index contributed by atoms with van der Waals surface area (Å²) in [5.41, 5.74) is 25.5. The summed E-state index contributed by atoms with van der Waals surface area (Å²) in [4.78, 5) is 0. The molecule has 0 aliphatic rings. The maximum atomic E-state index is 5.80. The van der Waals surface area contributed by atoms with E-state index in [0.29, 0.717) is 34.9 Å². The molecule has 0 saturated carbocycles. The zero-order chi connectivity index (χ0) is 10.9. The fourth-order valence-electron chi connectivity index (χ4n) is 1.46. The van der Waals surface area contributed by atoms with Gasteiger partial charge in [-0.05, 0) is 6.42 Å². The fraction of sp³-hybridized carbons (Fsp3) is 0.333. The van der Waals surface area contributed by atoms with Gasteiger partial charge >= 0.3 is 0 Å². The molecule has 78 valence electrons. The van der Waals surface area contributed by atoms with Crippen LogP contribution in [0.5, 0.6) is 5.75 Å².